The highest BCUT2D eigenvalue weighted by molar-refractivity contribution is 5.79. The molecule has 2 aliphatic heterocycles. The minimum Gasteiger partial charge on any atom is -0.350 e. The maximum Gasteiger partial charge on any atom is 0.236 e. The van der Waals surface area contributed by atoms with Crippen LogP contribution in [0.2, 0.25) is 0 Å². The summed E-state index contributed by atoms with van der Waals surface area (Å²) < 4.78 is 0. The van der Waals surface area contributed by atoms with Crippen LogP contribution in [0.4, 0.5) is 0 Å². The minimum absolute atomic E-state index is 0.0467. The predicted molar refractivity (Wildman–Crippen MR) is 99.1 cm³/mol. The lowest BCUT2D eigenvalue weighted by molar-refractivity contribution is -0.134. The molecule has 2 rings (SSSR count). The number of nitrogens with two attached hydrogens (primary N) is 1. The van der Waals surface area contributed by atoms with Crippen molar-refractivity contribution in [2.24, 2.45) is 11.1 Å². The van der Waals surface area contributed by atoms with Gasteiger partial charge in [-0.15, -0.1) is 0 Å². The molecule has 0 spiro atoms. The third-order valence-electron chi connectivity index (χ3n) is 5.10. The summed E-state index contributed by atoms with van der Waals surface area (Å²) in [4.78, 5) is 30.8. The Hall–Kier alpha value is -1.18. The van der Waals surface area contributed by atoms with Crippen molar-refractivity contribution in [3.63, 3.8) is 0 Å². The van der Waals surface area contributed by atoms with E-state index in [0.29, 0.717) is 32.7 Å². The highest BCUT2D eigenvalue weighted by atomic mass is 16.2. The molecule has 2 aliphatic rings. The van der Waals surface area contributed by atoms with E-state index in [9.17, 15) is 9.59 Å². The molecule has 2 fully saturated rings. The molecule has 144 valence electrons. The molecule has 2 heterocycles. The summed E-state index contributed by atoms with van der Waals surface area (Å²) in [5, 5.41) is 2.98. The normalized spacial score (nSPS) is 26.0. The van der Waals surface area contributed by atoms with Crippen molar-refractivity contribution in [1.29, 1.82) is 0 Å². The number of hydrogen-bond donors (Lipinski definition) is 2. The van der Waals surface area contributed by atoms with Crippen molar-refractivity contribution >= 4 is 11.8 Å². The van der Waals surface area contributed by atoms with E-state index in [1.54, 1.807) is 0 Å². The van der Waals surface area contributed by atoms with Gasteiger partial charge in [-0.1, -0.05) is 6.92 Å². The van der Waals surface area contributed by atoms with Crippen LogP contribution in [0.5, 0.6) is 0 Å². The van der Waals surface area contributed by atoms with E-state index in [0.717, 1.165) is 32.6 Å². The lowest BCUT2D eigenvalue weighted by Crippen LogP contribution is -2.54. The number of carbonyl (C=O) groups excluding carboxylic acids is 2. The fourth-order valence-electron chi connectivity index (χ4n) is 3.54. The SMILES string of the molecule is CC1(CN)CCN(CC(=O)N2CCN(CC(=O)NC(C)(C)C)CC2)C1. The zero-order valence-electron chi connectivity index (χ0n) is 16.3. The second kappa shape index (κ2) is 8.01. The molecule has 7 heteroatoms. The summed E-state index contributed by atoms with van der Waals surface area (Å²) >= 11 is 0. The van der Waals surface area contributed by atoms with Gasteiger partial charge in [0.25, 0.3) is 0 Å². The van der Waals surface area contributed by atoms with Gasteiger partial charge >= 0.3 is 0 Å². The lowest BCUT2D eigenvalue weighted by atomic mass is 9.90. The van der Waals surface area contributed by atoms with E-state index in [1.807, 2.05) is 25.7 Å². The van der Waals surface area contributed by atoms with E-state index < -0.39 is 0 Å². The van der Waals surface area contributed by atoms with Crippen molar-refractivity contribution in [2.45, 2.75) is 39.7 Å². The summed E-state index contributed by atoms with van der Waals surface area (Å²) in [6.07, 6.45) is 1.06. The number of likely N-dealkylation sites (tertiary alicyclic amines) is 1. The second-order valence-corrected chi connectivity index (χ2v) is 8.93. The van der Waals surface area contributed by atoms with Crippen LogP contribution in [0.25, 0.3) is 0 Å². The van der Waals surface area contributed by atoms with Crippen LogP contribution in [0, 0.1) is 5.41 Å². The molecule has 0 aromatic heterocycles. The molecule has 2 saturated heterocycles. The smallest absolute Gasteiger partial charge is 0.236 e. The Balaban J connectivity index is 1.71. The Morgan fingerprint density at radius 2 is 1.68 bits per heavy atom. The Labute approximate surface area is 151 Å². The van der Waals surface area contributed by atoms with Gasteiger partial charge in [0, 0.05) is 38.3 Å². The van der Waals surface area contributed by atoms with Gasteiger partial charge in [-0.25, -0.2) is 0 Å². The van der Waals surface area contributed by atoms with Crippen molar-refractivity contribution < 1.29 is 9.59 Å². The van der Waals surface area contributed by atoms with Gasteiger partial charge < -0.3 is 16.0 Å². The van der Waals surface area contributed by atoms with Crippen molar-refractivity contribution in [3.8, 4) is 0 Å². The van der Waals surface area contributed by atoms with Gasteiger partial charge in [0.1, 0.15) is 0 Å². The van der Waals surface area contributed by atoms with Crippen LogP contribution in [-0.4, -0.2) is 91.0 Å². The van der Waals surface area contributed by atoms with E-state index >= 15 is 0 Å². The fourth-order valence-corrected chi connectivity index (χ4v) is 3.54. The van der Waals surface area contributed by atoms with Crippen LogP contribution in [0.1, 0.15) is 34.1 Å². The average molecular weight is 354 g/mol. The maximum atomic E-state index is 12.5. The first kappa shape index (κ1) is 20.1. The molecule has 0 saturated carbocycles. The topological polar surface area (TPSA) is 81.9 Å². The Bertz CT molecular complexity index is 482. The molecule has 0 aromatic carbocycles. The molecule has 25 heavy (non-hydrogen) atoms. The van der Waals surface area contributed by atoms with Crippen LogP contribution in [0.3, 0.4) is 0 Å². The molecule has 0 aromatic rings. The van der Waals surface area contributed by atoms with E-state index in [2.05, 4.69) is 22.0 Å². The third-order valence-corrected chi connectivity index (χ3v) is 5.10. The van der Waals surface area contributed by atoms with Crippen LogP contribution < -0.4 is 11.1 Å². The van der Waals surface area contributed by atoms with Crippen LogP contribution in [0.15, 0.2) is 0 Å². The highest BCUT2D eigenvalue weighted by Gasteiger charge is 2.34. The number of amides is 2. The summed E-state index contributed by atoms with van der Waals surface area (Å²) in [6, 6.07) is 0. The summed E-state index contributed by atoms with van der Waals surface area (Å²) in [6.45, 7) is 14.5. The number of rotatable bonds is 5. The van der Waals surface area contributed by atoms with Gasteiger partial charge in [0.2, 0.25) is 11.8 Å². The van der Waals surface area contributed by atoms with Crippen molar-refractivity contribution in [1.82, 2.24) is 20.0 Å². The number of hydrogen-bond acceptors (Lipinski definition) is 5. The van der Waals surface area contributed by atoms with E-state index in [1.165, 1.54) is 0 Å². The average Bonchev–Trinajstić information content (AvgIpc) is 2.88. The van der Waals surface area contributed by atoms with Gasteiger partial charge in [0.05, 0.1) is 13.1 Å². The predicted octanol–water partition coefficient (Wildman–Crippen LogP) is -0.284. The lowest BCUT2D eigenvalue weighted by Gasteiger charge is -2.35. The Morgan fingerprint density at radius 1 is 1.04 bits per heavy atom. The van der Waals surface area contributed by atoms with Gasteiger partial charge in [-0.3, -0.25) is 19.4 Å². The number of carbonyl (C=O) groups is 2. The first-order valence-electron chi connectivity index (χ1n) is 9.34. The number of nitrogens with one attached hydrogen (secondary N) is 1. The van der Waals surface area contributed by atoms with E-state index in [-0.39, 0.29) is 22.8 Å². The summed E-state index contributed by atoms with van der Waals surface area (Å²) in [5.74, 6) is 0.241. The molecule has 7 nitrogen and oxygen atoms in total. The molecule has 0 radical (unpaired) electrons. The number of piperazine rings is 1. The zero-order valence-corrected chi connectivity index (χ0v) is 16.3. The summed E-state index contributed by atoms with van der Waals surface area (Å²) in [7, 11) is 0. The molecule has 3 N–H and O–H groups in total. The van der Waals surface area contributed by atoms with Crippen molar-refractivity contribution in [3.05, 3.63) is 0 Å². The number of nitrogens with zero attached hydrogens (tertiary/aromatic N) is 3. The molecular weight excluding hydrogens is 318 g/mol. The molecule has 0 bridgehead atoms. The summed E-state index contributed by atoms with van der Waals surface area (Å²) in [5.41, 5.74) is 5.78. The highest BCUT2D eigenvalue weighted by Crippen LogP contribution is 2.28. The fraction of sp³-hybridized carbons (Fsp3) is 0.889. The molecule has 0 aliphatic carbocycles. The first-order chi connectivity index (χ1) is 11.6. The zero-order chi connectivity index (χ0) is 18.7. The first-order valence-corrected chi connectivity index (χ1v) is 9.34. The minimum atomic E-state index is -0.206. The standard InChI is InChI=1S/C18H35N5O2/c1-17(2,3)20-15(24)11-21-7-9-23(10-8-21)16(25)12-22-6-5-18(4,13-19)14-22/h5-14,19H2,1-4H3,(H,20,24). The van der Waals surface area contributed by atoms with E-state index in [4.69, 9.17) is 5.73 Å². The monoisotopic (exact) mass is 353 g/mol. The molecular formula is C18H35N5O2. The Kier molecular flexibility index (Phi) is 6.45. The second-order valence-electron chi connectivity index (χ2n) is 8.93. The van der Waals surface area contributed by atoms with Crippen molar-refractivity contribution in [2.75, 3.05) is 58.9 Å². The van der Waals surface area contributed by atoms with Gasteiger partial charge in [0.15, 0.2) is 0 Å². The molecule has 1 unspecified atom stereocenters. The molecule has 2 amide bonds. The van der Waals surface area contributed by atoms with Gasteiger partial charge in [-0.2, -0.15) is 0 Å². The van der Waals surface area contributed by atoms with Crippen LogP contribution >= 0.6 is 0 Å². The Morgan fingerprint density at radius 3 is 2.20 bits per heavy atom. The van der Waals surface area contributed by atoms with Gasteiger partial charge in [-0.05, 0) is 45.7 Å². The van der Waals surface area contributed by atoms with Crippen LogP contribution in [-0.2, 0) is 9.59 Å². The largest absolute Gasteiger partial charge is 0.350 e. The quantitative estimate of drug-likeness (QED) is 0.710. The molecule has 1 atom stereocenters. The third kappa shape index (κ3) is 6.24. The maximum absolute atomic E-state index is 12.5.